The molecule has 1 aliphatic rings. The Bertz CT molecular complexity index is 904. The largest absolute Gasteiger partial charge is 0.355 e. The third kappa shape index (κ3) is 3.03. The molecule has 0 atom stereocenters. The summed E-state index contributed by atoms with van der Waals surface area (Å²) >= 11 is 0. The first-order chi connectivity index (χ1) is 11.7. The van der Waals surface area contributed by atoms with Crippen LogP contribution in [0.3, 0.4) is 0 Å². The fraction of sp³-hybridized carbons (Fsp3) is 0.105. The molecule has 0 fully saturated rings. The topological polar surface area (TPSA) is 70.7 Å². The third-order valence-electron chi connectivity index (χ3n) is 3.85. The number of hydrogen-bond acceptors (Lipinski definition) is 3. The summed E-state index contributed by atoms with van der Waals surface area (Å²) in [6.45, 7) is 0.978. The predicted octanol–water partition coefficient (Wildman–Crippen LogP) is 2.83. The molecule has 24 heavy (non-hydrogen) atoms. The van der Waals surface area contributed by atoms with E-state index in [0.717, 1.165) is 6.54 Å². The number of fused-ring (bicyclic) bond motifs is 3. The van der Waals surface area contributed by atoms with Gasteiger partial charge in [0.1, 0.15) is 0 Å². The van der Waals surface area contributed by atoms with Crippen LogP contribution in [0.1, 0.15) is 21.5 Å². The fourth-order valence-electron chi connectivity index (χ4n) is 2.60. The summed E-state index contributed by atoms with van der Waals surface area (Å²) in [5.41, 5.74) is 5.09. The number of rotatable bonds is 1. The lowest BCUT2D eigenvalue weighted by Crippen LogP contribution is -2.17. The number of nitrogens with zero attached hydrogens (tertiary/aromatic N) is 3. The highest BCUT2D eigenvalue weighted by Gasteiger charge is 2.16. The fourth-order valence-corrected chi connectivity index (χ4v) is 2.60. The number of carbonyl (C=O) groups is 1. The number of hydrogen-bond donors (Lipinski definition) is 1. The molecule has 1 aromatic heterocycles. The van der Waals surface area contributed by atoms with Crippen LogP contribution in [0.5, 0.6) is 0 Å². The molecule has 0 aliphatic carbocycles. The van der Waals surface area contributed by atoms with Crippen molar-refractivity contribution in [2.45, 2.75) is 6.54 Å². The van der Waals surface area contributed by atoms with Gasteiger partial charge in [-0.3, -0.25) is 4.79 Å². The van der Waals surface area contributed by atoms with Crippen LogP contribution < -0.4 is 5.32 Å². The first-order valence-electron chi connectivity index (χ1n) is 7.53. The highest BCUT2D eigenvalue weighted by Crippen LogP contribution is 2.30. The zero-order chi connectivity index (χ0) is 16.9. The molecule has 0 radical (unpaired) electrons. The maximum Gasteiger partial charge on any atom is 0.251 e. The number of imidazole rings is 1. The standard InChI is InChI=1S/C10H8N2.C9H8N2O/c1-2-4-9-8(3-1)6-12-7-11-5-10(9)12;1-11-9(12)8-4-2-7(6-10)3-5-8/h1-5,7H,6H2;2-5H,1H3,(H,11,12). The van der Waals surface area contributed by atoms with Gasteiger partial charge < -0.3 is 9.88 Å². The van der Waals surface area contributed by atoms with Crippen LogP contribution in [0.15, 0.2) is 61.1 Å². The maximum atomic E-state index is 11.0. The van der Waals surface area contributed by atoms with E-state index in [2.05, 4.69) is 39.1 Å². The minimum atomic E-state index is -0.139. The van der Waals surface area contributed by atoms with Crippen LogP contribution in [0, 0.1) is 11.3 Å². The Kier molecular flexibility index (Phi) is 4.39. The van der Waals surface area contributed by atoms with Crippen molar-refractivity contribution in [3.8, 4) is 17.3 Å². The van der Waals surface area contributed by atoms with Gasteiger partial charge in [-0.1, -0.05) is 24.3 Å². The number of carbonyl (C=O) groups excluding carboxylic acids is 1. The molecule has 5 nitrogen and oxygen atoms in total. The second kappa shape index (κ2) is 6.80. The monoisotopic (exact) mass is 316 g/mol. The molecule has 0 spiro atoms. The third-order valence-corrected chi connectivity index (χ3v) is 3.85. The van der Waals surface area contributed by atoms with Gasteiger partial charge >= 0.3 is 0 Å². The predicted molar refractivity (Wildman–Crippen MR) is 91.3 cm³/mol. The summed E-state index contributed by atoms with van der Waals surface area (Å²) in [6, 6.07) is 16.9. The molecule has 5 heteroatoms. The van der Waals surface area contributed by atoms with Gasteiger partial charge in [-0.05, 0) is 29.8 Å². The van der Waals surface area contributed by atoms with Crippen molar-refractivity contribution in [1.29, 1.82) is 5.26 Å². The van der Waals surface area contributed by atoms with Crippen molar-refractivity contribution in [3.05, 3.63) is 77.7 Å². The zero-order valence-corrected chi connectivity index (χ0v) is 13.2. The van der Waals surface area contributed by atoms with E-state index in [0.29, 0.717) is 11.1 Å². The Morgan fingerprint density at radius 1 is 1.21 bits per heavy atom. The normalized spacial score (nSPS) is 10.7. The lowest BCUT2D eigenvalue weighted by Gasteiger charge is -1.97. The Balaban J connectivity index is 0.000000141. The molecule has 118 valence electrons. The average molecular weight is 316 g/mol. The van der Waals surface area contributed by atoms with Crippen molar-refractivity contribution >= 4 is 5.91 Å². The molecule has 1 aliphatic heterocycles. The van der Waals surface area contributed by atoms with E-state index >= 15 is 0 Å². The summed E-state index contributed by atoms with van der Waals surface area (Å²) in [5, 5.41) is 11.0. The summed E-state index contributed by atoms with van der Waals surface area (Å²) < 4.78 is 2.17. The molecule has 2 aromatic carbocycles. The minimum absolute atomic E-state index is 0.139. The highest BCUT2D eigenvalue weighted by molar-refractivity contribution is 5.94. The number of nitriles is 1. The summed E-state index contributed by atoms with van der Waals surface area (Å²) in [7, 11) is 1.57. The van der Waals surface area contributed by atoms with Gasteiger partial charge in [-0.2, -0.15) is 5.26 Å². The van der Waals surface area contributed by atoms with Crippen molar-refractivity contribution in [2.24, 2.45) is 0 Å². The quantitative estimate of drug-likeness (QED) is 0.587. The second-order valence-corrected chi connectivity index (χ2v) is 5.33. The van der Waals surface area contributed by atoms with Crippen LogP contribution in [0.4, 0.5) is 0 Å². The number of aromatic nitrogens is 2. The van der Waals surface area contributed by atoms with Crippen LogP contribution >= 0.6 is 0 Å². The Labute approximate surface area is 140 Å². The van der Waals surface area contributed by atoms with Crippen LogP contribution in [0.25, 0.3) is 11.3 Å². The van der Waals surface area contributed by atoms with Gasteiger partial charge in [0.25, 0.3) is 5.91 Å². The van der Waals surface area contributed by atoms with E-state index in [1.807, 2.05) is 18.6 Å². The first-order valence-corrected chi connectivity index (χ1v) is 7.53. The molecule has 1 amide bonds. The molecular formula is C19H16N4O. The molecule has 1 N–H and O–H groups in total. The molecule has 0 saturated heterocycles. The summed E-state index contributed by atoms with van der Waals surface area (Å²) in [6.07, 6.45) is 3.81. The smallest absolute Gasteiger partial charge is 0.251 e. The Hall–Kier alpha value is -3.39. The van der Waals surface area contributed by atoms with Gasteiger partial charge in [-0.25, -0.2) is 4.98 Å². The van der Waals surface area contributed by atoms with E-state index in [-0.39, 0.29) is 5.91 Å². The average Bonchev–Trinajstić information content (AvgIpc) is 3.23. The van der Waals surface area contributed by atoms with Crippen molar-refractivity contribution < 1.29 is 4.79 Å². The maximum absolute atomic E-state index is 11.0. The van der Waals surface area contributed by atoms with Crippen molar-refractivity contribution in [2.75, 3.05) is 7.05 Å². The SMILES string of the molecule is CNC(=O)c1ccc(C#N)cc1.c1ccc2c(c1)Cn1cncc1-2. The summed E-state index contributed by atoms with van der Waals surface area (Å²) in [4.78, 5) is 15.1. The van der Waals surface area contributed by atoms with Crippen LogP contribution in [-0.2, 0) is 6.54 Å². The number of nitrogens with one attached hydrogen (secondary N) is 1. The first kappa shape index (κ1) is 15.5. The van der Waals surface area contributed by atoms with E-state index < -0.39 is 0 Å². The summed E-state index contributed by atoms with van der Waals surface area (Å²) in [5.74, 6) is -0.139. The number of benzene rings is 2. The zero-order valence-electron chi connectivity index (χ0n) is 13.2. The van der Waals surface area contributed by atoms with Crippen LogP contribution in [-0.4, -0.2) is 22.5 Å². The van der Waals surface area contributed by atoms with Crippen molar-refractivity contribution in [3.63, 3.8) is 0 Å². The van der Waals surface area contributed by atoms with E-state index in [1.54, 1.807) is 31.3 Å². The van der Waals surface area contributed by atoms with Gasteiger partial charge in [-0.15, -0.1) is 0 Å². The van der Waals surface area contributed by atoms with Crippen LogP contribution in [0.2, 0.25) is 0 Å². The van der Waals surface area contributed by atoms with Gasteiger partial charge in [0.05, 0.1) is 29.9 Å². The minimum Gasteiger partial charge on any atom is -0.355 e. The van der Waals surface area contributed by atoms with Gasteiger partial charge in [0.15, 0.2) is 0 Å². The molecule has 0 unspecified atom stereocenters. The molecule has 3 aromatic rings. The lowest BCUT2D eigenvalue weighted by molar-refractivity contribution is 0.0963. The highest BCUT2D eigenvalue weighted by atomic mass is 16.1. The molecule has 0 bridgehead atoms. The number of amides is 1. The second-order valence-electron chi connectivity index (χ2n) is 5.33. The van der Waals surface area contributed by atoms with Crippen molar-refractivity contribution in [1.82, 2.24) is 14.9 Å². The van der Waals surface area contributed by atoms with Gasteiger partial charge in [0.2, 0.25) is 0 Å². The van der Waals surface area contributed by atoms with E-state index in [9.17, 15) is 4.79 Å². The molecule has 2 heterocycles. The Morgan fingerprint density at radius 2 is 1.96 bits per heavy atom. The molecular weight excluding hydrogens is 300 g/mol. The lowest BCUT2D eigenvalue weighted by atomic mass is 10.1. The van der Waals surface area contributed by atoms with E-state index in [1.165, 1.54) is 16.8 Å². The van der Waals surface area contributed by atoms with E-state index in [4.69, 9.17) is 5.26 Å². The van der Waals surface area contributed by atoms with Gasteiger partial charge in [0, 0.05) is 24.7 Å². The molecule has 4 rings (SSSR count). The molecule has 0 saturated carbocycles. The Morgan fingerprint density at radius 3 is 2.67 bits per heavy atom.